The number of carbonyl (C=O) groups is 1. The Morgan fingerprint density at radius 2 is 2.27 bits per heavy atom. The molecule has 1 aliphatic carbocycles. The summed E-state index contributed by atoms with van der Waals surface area (Å²) < 4.78 is 2.01. The van der Waals surface area contributed by atoms with E-state index in [2.05, 4.69) is 41.9 Å². The molecule has 1 fully saturated rings. The van der Waals surface area contributed by atoms with Crippen molar-refractivity contribution in [2.75, 3.05) is 12.8 Å². The van der Waals surface area contributed by atoms with Crippen LogP contribution in [0.15, 0.2) is 6.07 Å². The number of nitrogens with zero attached hydrogens (tertiary/aromatic N) is 2. The molecule has 0 saturated heterocycles. The zero-order valence-corrected chi connectivity index (χ0v) is 14.9. The van der Waals surface area contributed by atoms with Crippen LogP contribution < -0.4 is 10.6 Å². The average molecular weight is 324 g/mol. The van der Waals surface area contributed by atoms with Gasteiger partial charge in [0.15, 0.2) is 0 Å². The molecule has 6 heteroatoms. The van der Waals surface area contributed by atoms with Crippen molar-refractivity contribution in [3.8, 4) is 0 Å². The van der Waals surface area contributed by atoms with Gasteiger partial charge in [-0.15, -0.1) is 0 Å². The average Bonchev–Trinajstić information content (AvgIpc) is 3.03. The predicted octanol–water partition coefficient (Wildman–Crippen LogP) is 2.72. The minimum absolute atomic E-state index is 0.0352. The van der Waals surface area contributed by atoms with Gasteiger partial charge >= 0.3 is 6.03 Å². The quantitative estimate of drug-likeness (QED) is 0.846. The second kappa shape index (κ2) is 7.90. The fourth-order valence-electron chi connectivity index (χ4n) is 3.01. The molecule has 1 heterocycles. The monoisotopic (exact) mass is 324 g/mol. The number of thioether (sulfide) groups is 1. The van der Waals surface area contributed by atoms with Crippen LogP contribution in [0.2, 0.25) is 0 Å². The van der Waals surface area contributed by atoms with Crippen molar-refractivity contribution in [2.24, 2.45) is 5.92 Å². The molecule has 3 atom stereocenters. The van der Waals surface area contributed by atoms with E-state index in [0.717, 1.165) is 25.1 Å². The Labute approximate surface area is 137 Å². The first-order valence-corrected chi connectivity index (χ1v) is 9.35. The highest BCUT2D eigenvalue weighted by Gasteiger charge is 2.25. The molecule has 1 aliphatic rings. The van der Waals surface area contributed by atoms with E-state index in [-0.39, 0.29) is 6.03 Å². The molecular weight excluding hydrogens is 296 g/mol. The number of hydrogen-bond acceptors (Lipinski definition) is 3. The number of hydrogen-bond donors (Lipinski definition) is 2. The van der Waals surface area contributed by atoms with Crippen LogP contribution in [0.5, 0.6) is 0 Å². The maximum absolute atomic E-state index is 12.0. The van der Waals surface area contributed by atoms with Crippen molar-refractivity contribution in [1.29, 1.82) is 0 Å². The van der Waals surface area contributed by atoms with Crippen LogP contribution in [0.1, 0.15) is 37.6 Å². The predicted molar refractivity (Wildman–Crippen MR) is 92.3 cm³/mol. The van der Waals surface area contributed by atoms with E-state index in [1.54, 1.807) is 0 Å². The molecule has 1 aromatic heterocycles. The van der Waals surface area contributed by atoms with Crippen molar-refractivity contribution in [3.05, 3.63) is 17.5 Å². The molecule has 2 amide bonds. The largest absolute Gasteiger partial charge is 0.338 e. The second-order valence-electron chi connectivity index (χ2n) is 6.44. The minimum Gasteiger partial charge on any atom is -0.338 e. The molecule has 5 nitrogen and oxygen atoms in total. The summed E-state index contributed by atoms with van der Waals surface area (Å²) in [6.45, 7) is 7.70. The highest BCUT2D eigenvalue weighted by Crippen LogP contribution is 2.27. The lowest BCUT2D eigenvalue weighted by molar-refractivity contribution is 0.234. The first kappa shape index (κ1) is 17.2. The summed E-state index contributed by atoms with van der Waals surface area (Å²) in [7, 11) is 0. The highest BCUT2D eigenvalue weighted by molar-refractivity contribution is 7.99. The number of rotatable bonds is 6. The van der Waals surface area contributed by atoms with Gasteiger partial charge in [0.2, 0.25) is 0 Å². The molecule has 2 N–H and O–H groups in total. The Hall–Kier alpha value is -1.17. The number of urea groups is 1. The van der Waals surface area contributed by atoms with Crippen LogP contribution >= 0.6 is 11.8 Å². The summed E-state index contributed by atoms with van der Waals surface area (Å²) in [6.07, 6.45) is 5.55. The van der Waals surface area contributed by atoms with Gasteiger partial charge in [-0.2, -0.15) is 16.9 Å². The van der Waals surface area contributed by atoms with Gasteiger partial charge in [-0.25, -0.2) is 4.79 Å². The van der Waals surface area contributed by atoms with Crippen molar-refractivity contribution in [3.63, 3.8) is 0 Å². The number of nitrogens with one attached hydrogen (secondary N) is 2. The Morgan fingerprint density at radius 1 is 1.50 bits per heavy atom. The van der Waals surface area contributed by atoms with Gasteiger partial charge in [0.25, 0.3) is 0 Å². The van der Waals surface area contributed by atoms with Crippen LogP contribution in [0.25, 0.3) is 0 Å². The van der Waals surface area contributed by atoms with Crippen LogP contribution in [0, 0.1) is 19.8 Å². The van der Waals surface area contributed by atoms with Crippen molar-refractivity contribution in [2.45, 2.75) is 57.9 Å². The third-order valence-corrected chi connectivity index (χ3v) is 5.35. The Balaban J connectivity index is 1.68. The Kier molecular flexibility index (Phi) is 6.17. The molecule has 0 aliphatic heterocycles. The molecule has 0 spiro atoms. The van der Waals surface area contributed by atoms with E-state index in [9.17, 15) is 4.79 Å². The molecule has 0 bridgehead atoms. The molecule has 0 aromatic carbocycles. The van der Waals surface area contributed by atoms with E-state index in [1.807, 2.05) is 23.4 Å². The van der Waals surface area contributed by atoms with Crippen LogP contribution in [-0.2, 0) is 6.54 Å². The third-order valence-electron chi connectivity index (χ3n) is 4.25. The maximum Gasteiger partial charge on any atom is 0.315 e. The lowest BCUT2D eigenvalue weighted by Gasteiger charge is -2.17. The summed E-state index contributed by atoms with van der Waals surface area (Å²) in [5.74, 6) is 0.353. The van der Waals surface area contributed by atoms with Crippen molar-refractivity contribution >= 4 is 17.8 Å². The minimum atomic E-state index is -0.0352. The standard InChI is InChI=1S/C16H28N4OS/c1-11(10-20-13(3)7-12(2)19-20)9-17-16(21)18-14-5-6-15(8-14)22-4/h7,11,14-15H,5-6,8-10H2,1-4H3,(H2,17,18,21)/t11-,14-,15+/m0/s1. The number of aryl methyl sites for hydroxylation is 2. The molecule has 22 heavy (non-hydrogen) atoms. The summed E-state index contributed by atoms with van der Waals surface area (Å²) in [4.78, 5) is 12.0. The van der Waals surface area contributed by atoms with Gasteiger partial charge < -0.3 is 10.6 Å². The van der Waals surface area contributed by atoms with Crippen LogP contribution in [0.3, 0.4) is 0 Å². The second-order valence-corrected chi connectivity index (χ2v) is 7.57. The maximum atomic E-state index is 12.0. The van der Waals surface area contributed by atoms with Gasteiger partial charge in [-0.05, 0) is 51.3 Å². The number of carbonyl (C=O) groups excluding carboxylic acids is 1. The molecule has 2 rings (SSSR count). The van der Waals surface area contributed by atoms with Crippen molar-refractivity contribution in [1.82, 2.24) is 20.4 Å². The molecule has 0 radical (unpaired) electrons. The fraction of sp³-hybridized carbons (Fsp3) is 0.750. The first-order chi connectivity index (χ1) is 10.5. The summed E-state index contributed by atoms with van der Waals surface area (Å²) in [5, 5.41) is 11.3. The summed E-state index contributed by atoms with van der Waals surface area (Å²) in [5.41, 5.74) is 2.21. The van der Waals surface area contributed by atoms with Crippen LogP contribution in [-0.4, -0.2) is 39.9 Å². The van der Waals surface area contributed by atoms with Gasteiger partial charge in [-0.3, -0.25) is 4.68 Å². The summed E-state index contributed by atoms with van der Waals surface area (Å²) in [6, 6.07) is 2.38. The summed E-state index contributed by atoms with van der Waals surface area (Å²) >= 11 is 1.90. The van der Waals surface area contributed by atoms with E-state index in [4.69, 9.17) is 0 Å². The Morgan fingerprint density at radius 3 is 2.86 bits per heavy atom. The van der Waals surface area contributed by atoms with E-state index >= 15 is 0 Å². The third kappa shape index (κ3) is 4.93. The SMILES string of the molecule is CS[C@@H]1CC[C@H](NC(=O)NC[C@H](C)Cn2nc(C)cc2C)C1. The molecule has 1 aromatic rings. The van der Waals surface area contributed by atoms with Gasteiger partial charge in [0.1, 0.15) is 0 Å². The Bertz CT molecular complexity index is 502. The number of amides is 2. The molecule has 124 valence electrons. The van der Waals surface area contributed by atoms with E-state index < -0.39 is 0 Å². The van der Waals surface area contributed by atoms with E-state index in [1.165, 1.54) is 12.1 Å². The highest BCUT2D eigenvalue weighted by atomic mass is 32.2. The van der Waals surface area contributed by atoms with Gasteiger partial charge in [-0.1, -0.05) is 6.92 Å². The van der Waals surface area contributed by atoms with Crippen LogP contribution in [0.4, 0.5) is 4.79 Å². The lowest BCUT2D eigenvalue weighted by atomic mass is 10.2. The number of aromatic nitrogens is 2. The van der Waals surface area contributed by atoms with Gasteiger partial charge in [0, 0.05) is 30.1 Å². The molecule has 1 saturated carbocycles. The normalized spacial score (nSPS) is 22.5. The van der Waals surface area contributed by atoms with Crippen molar-refractivity contribution < 1.29 is 4.79 Å². The van der Waals surface area contributed by atoms with E-state index in [0.29, 0.717) is 23.8 Å². The topological polar surface area (TPSA) is 59.0 Å². The lowest BCUT2D eigenvalue weighted by Crippen LogP contribution is -2.43. The molecular formula is C16H28N4OS. The molecule has 0 unspecified atom stereocenters. The first-order valence-electron chi connectivity index (χ1n) is 8.06. The van der Waals surface area contributed by atoms with Gasteiger partial charge in [0.05, 0.1) is 5.69 Å². The zero-order valence-electron chi connectivity index (χ0n) is 14.1. The zero-order chi connectivity index (χ0) is 16.1. The fourth-order valence-corrected chi connectivity index (χ4v) is 3.80. The smallest absolute Gasteiger partial charge is 0.315 e.